The summed E-state index contributed by atoms with van der Waals surface area (Å²) in [5, 5.41) is 0. The summed E-state index contributed by atoms with van der Waals surface area (Å²) in [5.74, 6) is 0.468. The predicted octanol–water partition coefficient (Wildman–Crippen LogP) is 1.04. The van der Waals surface area contributed by atoms with Crippen LogP contribution in [0.2, 0.25) is 0 Å². The van der Waals surface area contributed by atoms with Crippen molar-refractivity contribution in [2.45, 2.75) is 57.0 Å². The standard InChI is InChI=1S/C13H20N2O2/c14-10-3-5-11(6-4-10)15-12(16)8-1-2-9(7-8)13(15)17/h8-11H,1-7,14H2. The van der Waals surface area contributed by atoms with Gasteiger partial charge < -0.3 is 5.73 Å². The average molecular weight is 236 g/mol. The van der Waals surface area contributed by atoms with Crippen LogP contribution in [0, 0.1) is 11.8 Å². The quantitative estimate of drug-likeness (QED) is 0.692. The Hall–Kier alpha value is -0.900. The van der Waals surface area contributed by atoms with Crippen LogP contribution in [0.3, 0.4) is 0 Å². The summed E-state index contributed by atoms with van der Waals surface area (Å²) in [7, 11) is 0. The summed E-state index contributed by atoms with van der Waals surface area (Å²) in [6, 6.07) is 0.399. The Labute approximate surface area is 102 Å². The fourth-order valence-corrected chi connectivity index (χ4v) is 3.65. The molecule has 2 unspecified atom stereocenters. The minimum atomic E-state index is 0.101. The highest BCUT2D eigenvalue weighted by Crippen LogP contribution is 2.40. The van der Waals surface area contributed by atoms with E-state index in [0.29, 0.717) is 0 Å². The van der Waals surface area contributed by atoms with Crippen LogP contribution in [0.25, 0.3) is 0 Å². The monoisotopic (exact) mass is 236 g/mol. The van der Waals surface area contributed by atoms with E-state index in [1.165, 1.54) is 0 Å². The Bertz CT molecular complexity index is 325. The summed E-state index contributed by atoms with van der Waals surface area (Å²) < 4.78 is 0. The summed E-state index contributed by atoms with van der Waals surface area (Å²) in [6.45, 7) is 0. The molecule has 0 spiro atoms. The summed E-state index contributed by atoms with van der Waals surface area (Å²) in [5.41, 5.74) is 5.87. The Balaban J connectivity index is 1.77. The largest absolute Gasteiger partial charge is 0.328 e. The molecule has 3 fully saturated rings. The topological polar surface area (TPSA) is 63.4 Å². The number of carbonyl (C=O) groups excluding carboxylic acids is 2. The zero-order valence-corrected chi connectivity index (χ0v) is 10.1. The van der Waals surface area contributed by atoms with E-state index in [1.54, 1.807) is 4.90 Å². The Morgan fingerprint density at radius 3 is 1.94 bits per heavy atom. The van der Waals surface area contributed by atoms with Crippen molar-refractivity contribution in [1.29, 1.82) is 0 Å². The lowest BCUT2D eigenvalue weighted by atomic mass is 9.87. The molecule has 17 heavy (non-hydrogen) atoms. The number of hydrogen-bond acceptors (Lipinski definition) is 3. The molecule has 3 aliphatic rings. The molecular weight excluding hydrogens is 216 g/mol. The van der Waals surface area contributed by atoms with E-state index in [-0.39, 0.29) is 35.7 Å². The first-order chi connectivity index (χ1) is 8.16. The van der Waals surface area contributed by atoms with Gasteiger partial charge >= 0.3 is 0 Å². The van der Waals surface area contributed by atoms with E-state index < -0.39 is 0 Å². The van der Waals surface area contributed by atoms with Crippen LogP contribution in [0.15, 0.2) is 0 Å². The Kier molecular flexibility index (Phi) is 2.69. The fraction of sp³-hybridized carbons (Fsp3) is 0.846. The normalized spacial score (nSPS) is 42.1. The lowest BCUT2D eigenvalue weighted by Crippen LogP contribution is -2.53. The number of likely N-dealkylation sites (tertiary alicyclic amines) is 1. The number of fused-ring (bicyclic) bond motifs is 2. The third-order valence-electron chi connectivity index (χ3n) is 4.71. The number of amides is 2. The van der Waals surface area contributed by atoms with Gasteiger partial charge in [-0.25, -0.2) is 0 Å². The van der Waals surface area contributed by atoms with Gasteiger partial charge in [0.1, 0.15) is 0 Å². The SMILES string of the molecule is NC1CCC(N2C(=O)C3CCC(C3)C2=O)CC1. The van der Waals surface area contributed by atoms with Gasteiger partial charge in [0, 0.05) is 23.9 Å². The van der Waals surface area contributed by atoms with Crippen molar-refractivity contribution >= 4 is 11.8 Å². The van der Waals surface area contributed by atoms with E-state index in [0.717, 1.165) is 44.9 Å². The van der Waals surface area contributed by atoms with Crippen LogP contribution in [-0.4, -0.2) is 28.8 Å². The molecule has 3 rings (SSSR count). The molecular formula is C13H20N2O2. The van der Waals surface area contributed by atoms with E-state index in [1.807, 2.05) is 0 Å². The zero-order chi connectivity index (χ0) is 12.0. The summed E-state index contributed by atoms with van der Waals surface area (Å²) in [4.78, 5) is 26.1. The maximum Gasteiger partial charge on any atom is 0.232 e. The lowest BCUT2D eigenvalue weighted by Gasteiger charge is -2.39. The van der Waals surface area contributed by atoms with Crippen molar-refractivity contribution in [3.05, 3.63) is 0 Å². The van der Waals surface area contributed by atoms with Crippen LogP contribution in [0.1, 0.15) is 44.9 Å². The molecule has 94 valence electrons. The third-order valence-corrected chi connectivity index (χ3v) is 4.71. The molecule has 2 aliphatic carbocycles. The number of nitrogens with two attached hydrogens (primary N) is 1. The molecule has 2 saturated carbocycles. The summed E-state index contributed by atoms with van der Waals surface area (Å²) in [6.07, 6.45) is 6.32. The Morgan fingerprint density at radius 2 is 1.41 bits per heavy atom. The highest BCUT2D eigenvalue weighted by molar-refractivity contribution is 6.01. The summed E-state index contributed by atoms with van der Waals surface area (Å²) >= 11 is 0. The minimum absolute atomic E-state index is 0.101. The van der Waals surface area contributed by atoms with Gasteiger partial charge in [0.05, 0.1) is 0 Å². The van der Waals surface area contributed by atoms with E-state index in [4.69, 9.17) is 5.73 Å². The molecule has 0 aromatic carbocycles. The maximum absolute atomic E-state index is 12.2. The van der Waals surface area contributed by atoms with Gasteiger partial charge in [0.2, 0.25) is 11.8 Å². The van der Waals surface area contributed by atoms with Gasteiger partial charge in [-0.2, -0.15) is 0 Å². The number of carbonyl (C=O) groups is 2. The van der Waals surface area contributed by atoms with Crippen LogP contribution in [-0.2, 0) is 9.59 Å². The average Bonchev–Trinajstić information content (AvgIpc) is 2.76. The second kappa shape index (κ2) is 4.09. The molecule has 2 N–H and O–H groups in total. The molecule has 1 heterocycles. The maximum atomic E-state index is 12.2. The first-order valence-electron chi connectivity index (χ1n) is 6.79. The molecule has 2 bridgehead atoms. The van der Waals surface area contributed by atoms with Crippen LogP contribution < -0.4 is 5.73 Å². The lowest BCUT2D eigenvalue weighted by molar-refractivity contribution is -0.156. The zero-order valence-electron chi connectivity index (χ0n) is 10.1. The van der Waals surface area contributed by atoms with Crippen molar-refractivity contribution < 1.29 is 9.59 Å². The molecule has 2 atom stereocenters. The third kappa shape index (κ3) is 1.79. The van der Waals surface area contributed by atoms with Crippen molar-refractivity contribution in [3.63, 3.8) is 0 Å². The number of nitrogens with zero attached hydrogens (tertiary/aromatic N) is 1. The van der Waals surface area contributed by atoms with Crippen molar-refractivity contribution in [3.8, 4) is 0 Å². The molecule has 4 heteroatoms. The molecule has 2 amide bonds. The van der Waals surface area contributed by atoms with E-state index in [2.05, 4.69) is 0 Å². The van der Waals surface area contributed by atoms with E-state index in [9.17, 15) is 9.59 Å². The van der Waals surface area contributed by atoms with Crippen LogP contribution in [0.5, 0.6) is 0 Å². The van der Waals surface area contributed by atoms with Gasteiger partial charge in [-0.3, -0.25) is 14.5 Å². The van der Waals surface area contributed by atoms with Crippen molar-refractivity contribution in [2.75, 3.05) is 0 Å². The second-order valence-corrected chi connectivity index (χ2v) is 5.82. The predicted molar refractivity (Wildman–Crippen MR) is 62.9 cm³/mol. The number of rotatable bonds is 1. The van der Waals surface area contributed by atoms with Crippen molar-refractivity contribution in [1.82, 2.24) is 4.90 Å². The first kappa shape index (κ1) is 11.2. The van der Waals surface area contributed by atoms with Gasteiger partial charge in [-0.05, 0) is 44.9 Å². The Morgan fingerprint density at radius 1 is 0.882 bits per heavy atom. The number of piperidine rings is 1. The van der Waals surface area contributed by atoms with Crippen molar-refractivity contribution in [2.24, 2.45) is 17.6 Å². The molecule has 1 saturated heterocycles. The molecule has 1 aliphatic heterocycles. The number of imide groups is 1. The minimum Gasteiger partial charge on any atom is -0.328 e. The highest BCUT2D eigenvalue weighted by atomic mass is 16.2. The van der Waals surface area contributed by atoms with Gasteiger partial charge in [0.25, 0.3) is 0 Å². The first-order valence-corrected chi connectivity index (χ1v) is 6.79. The van der Waals surface area contributed by atoms with Gasteiger partial charge in [0.15, 0.2) is 0 Å². The van der Waals surface area contributed by atoms with Gasteiger partial charge in [-0.15, -0.1) is 0 Å². The highest BCUT2D eigenvalue weighted by Gasteiger charge is 2.47. The second-order valence-electron chi connectivity index (χ2n) is 5.82. The van der Waals surface area contributed by atoms with Crippen LogP contribution >= 0.6 is 0 Å². The van der Waals surface area contributed by atoms with Crippen LogP contribution in [0.4, 0.5) is 0 Å². The fourth-order valence-electron chi connectivity index (χ4n) is 3.65. The smallest absolute Gasteiger partial charge is 0.232 e. The molecule has 0 radical (unpaired) electrons. The van der Waals surface area contributed by atoms with E-state index >= 15 is 0 Å². The number of hydrogen-bond donors (Lipinski definition) is 1. The molecule has 0 aromatic heterocycles. The molecule has 4 nitrogen and oxygen atoms in total. The molecule has 0 aromatic rings. The van der Waals surface area contributed by atoms with Gasteiger partial charge in [-0.1, -0.05) is 0 Å².